The number of hydrogen-bond donors (Lipinski definition) is 1. The van der Waals surface area contributed by atoms with Crippen LogP contribution < -0.4 is 5.32 Å². The number of halogens is 1. The fourth-order valence-corrected chi connectivity index (χ4v) is 1.95. The van der Waals surface area contributed by atoms with Crippen LogP contribution in [0.3, 0.4) is 0 Å². The average molecular weight is 278 g/mol. The molecule has 0 aliphatic carbocycles. The largest absolute Gasteiger partial charge is 0.313 e. The molecule has 0 fully saturated rings. The quantitative estimate of drug-likeness (QED) is 0.937. The van der Waals surface area contributed by atoms with Crippen molar-refractivity contribution < 1.29 is 0 Å². The van der Waals surface area contributed by atoms with Crippen molar-refractivity contribution in [1.82, 2.24) is 15.3 Å². The Morgan fingerprint density at radius 1 is 1.25 bits per heavy atom. The van der Waals surface area contributed by atoms with E-state index in [0.29, 0.717) is 6.54 Å². The lowest BCUT2D eigenvalue weighted by atomic mass is 10.1. The van der Waals surface area contributed by atoms with Crippen LogP contribution in [-0.2, 0) is 6.54 Å². The summed E-state index contributed by atoms with van der Waals surface area (Å²) in [7, 11) is 1.88. The number of nitrogens with one attached hydrogen (secondary N) is 1. The Bertz CT molecular complexity index is 485. The Kier molecular flexibility index (Phi) is 3.64. The van der Waals surface area contributed by atoms with Gasteiger partial charge in [-0.3, -0.25) is 0 Å². The molecule has 1 heterocycles. The maximum atomic E-state index is 4.49. The van der Waals surface area contributed by atoms with Crippen molar-refractivity contribution in [3.8, 4) is 11.3 Å². The summed E-state index contributed by atoms with van der Waals surface area (Å²) in [6.07, 6.45) is 1.79. The number of rotatable bonds is 3. The molecule has 3 nitrogen and oxygen atoms in total. The average Bonchev–Trinajstić information content (AvgIpc) is 2.30. The summed E-state index contributed by atoms with van der Waals surface area (Å²) in [5.41, 5.74) is 2.02. The predicted octanol–water partition coefficient (Wildman–Crippen LogP) is 2.63. The third-order valence-corrected chi connectivity index (χ3v) is 2.88. The molecule has 2 aromatic rings. The van der Waals surface area contributed by atoms with Crippen molar-refractivity contribution in [2.45, 2.75) is 6.54 Å². The second-order valence-corrected chi connectivity index (χ2v) is 4.22. The third kappa shape index (κ3) is 2.46. The van der Waals surface area contributed by atoms with Gasteiger partial charge < -0.3 is 5.32 Å². The van der Waals surface area contributed by atoms with Gasteiger partial charge in [0.25, 0.3) is 0 Å². The van der Waals surface area contributed by atoms with Gasteiger partial charge in [0, 0.05) is 16.2 Å². The highest BCUT2D eigenvalue weighted by Gasteiger charge is 2.04. The maximum Gasteiger partial charge on any atom is 0.142 e. The first-order chi connectivity index (χ1) is 7.81. The number of nitrogens with zero attached hydrogens (tertiary/aromatic N) is 2. The summed E-state index contributed by atoms with van der Waals surface area (Å²) >= 11 is 3.52. The van der Waals surface area contributed by atoms with Gasteiger partial charge in [0.05, 0.1) is 12.2 Å². The second kappa shape index (κ2) is 5.18. The Labute approximate surface area is 103 Å². The lowest BCUT2D eigenvalue weighted by Crippen LogP contribution is -2.09. The Balaban J connectivity index is 2.40. The minimum Gasteiger partial charge on any atom is -0.313 e. The zero-order chi connectivity index (χ0) is 11.4. The van der Waals surface area contributed by atoms with Crippen LogP contribution >= 0.6 is 15.9 Å². The smallest absolute Gasteiger partial charge is 0.142 e. The van der Waals surface area contributed by atoms with Crippen LogP contribution in [0, 0.1) is 0 Å². The van der Waals surface area contributed by atoms with Crippen LogP contribution in [0.2, 0.25) is 0 Å². The molecule has 1 aromatic heterocycles. The molecular weight excluding hydrogens is 266 g/mol. The van der Waals surface area contributed by atoms with E-state index in [1.165, 1.54) is 0 Å². The van der Waals surface area contributed by atoms with Gasteiger partial charge in [0.15, 0.2) is 0 Å². The highest BCUT2D eigenvalue weighted by molar-refractivity contribution is 9.10. The van der Waals surface area contributed by atoms with E-state index in [1.54, 1.807) is 6.20 Å². The summed E-state index contributed by atoms with van der Waals surface area (Å²) in [5, 5.41) is 3.04. The molecule has 0 amide bonds. The van der Waals surface area contributed by atoms with E-state index in [1.807, 2.05) is 37.4 Å². The van der Waals surface area contributed by atoms with Gasteiger partial charge in [-0.05, 0) is 19.2 Å². The molecule has 0 aliphatic rings. The van der Waals surface area contributed by atoms with E-state index in [-0.39, 0.29) is 0 Å². The number of benzene rings is 1. The first kappa shape index (κ1) is 11.2. The van der Waals surface area contributed by atoms with E-state index in [0.717, 1.165) is 21.6 Å². The van der Waals surface area contributed by atoms with E-state index < -0.39 is 0 Å². The van der Waals surface area contributed by atoms with Crippen molar-refractivity contribution in [3.63, 3.8) is 0 Å². The first-order valence-electron chi connectivity index (χ1n) is 5.02. The lowest BCUT2D eigenvalue weighted by Gasteiger charge is -2.05. The van der Waals surface area contributed by atoms with Crippen molar-refractivity contribution in [2.75, 3.05) is 7.05 Å². The normalized spacial score (nSPS) is 10.4. The highest BCUT2D eigenvalue weighted by atomic mass is 79.9. The molecule has 4 heteroatoms. The molecule has 0 bridgehead atoms. The zero-order valence-corrected chi connectivity index (χ0v) is 10.5. The molecule has 0 atom stereocenters. The number of hydrogen-bond acceptors (Lipinski definition) is 3. The minimum atomic E-state index is 0.679. The minimum absolute atomic E-state index is 0.679. The highest BCUT2D eigenvalue weighted by Crippen LogP contribution is 2.25. The van der Waals surface area contributed by atoms with Crippen LogP contribution in [0.1, 0.15) is 5.82 Å². The molecule has 0 spiro atoms. The molecular formula is C12H12BrN3. The molecule has 0 aliphatic heterocycles. The second-order valence-electron chi connectivity index (χ2n) is 3.37. The molecule has 1 aromatic carbocycles. The summed E-state index contributed by atoms with van der Waals surface area (Å²) in [6.45, 7) is 0.679. The SMILES string of the molecule is CNCc1nccc(-c2ccccc2Br)n1. The molecule has 82 valence electrons. The summed E-state index contributed by atoms with van der Waals surface area (Å²) in [4.78, 5) is 8.69. The predicted molar refractivity (Wildman–Crippen MR) is 67.9 cm³/mol. The van der Waals surface area contributed by atoms with E-state index in [4.69, 9.17) is 0 Å². The fraction of sp³-hybridized carbons (Fsp3) is 0.167. The van der Waals surface area contributed by atoms with Gasteiger partial charge in [0.1, 0.15) is 5.82 Å². The maximum absolute atomic E-state index is 4.49. The topological polar surface area (TPSA) is 37.8 Å². The third-order valence-electron chi connectivity index (χ3n) is 2.19. The van der Waals surface area contributed by atoms with Crippen molar-refractivity contribution in [2.24, 2.45) is 0 Å². The van der Waals surface area contributed by atoms with Gasteiger partial charge in [0.2, 0.25) is 0 Å². The van der Waals surface area contributed by atoms with Gasteiger partial charge in [-0.1, -0.05) is 34.1 Å². The standard InChI is InChI=1S/C12H12BrN3/c1-14-8-12-15-7-6-11(16-12)9-4-2-3-5-10(9)13/h2-7,14H,8H2,1H3. The first-order valence-corrected chi connectivity index (χ1v) is 5.82. The van der Waals surface area contributed by atoms with Gasteiger partial charge in [-0.2, -0.15) is 0 Å². The van der Waals surface area contributed by atoms with E-state index in [9.17, 15) is 0 Å². The van der Waals surface area contributed by atoms with Crippen LogP contribution in [0.25, 0.3) is 11.3 Å². The lowest BCUT2D eigenvalue weighted by molar-refractivity contribution is 0.759. The monoisotopic (exact) mass is 277 g/mol. The summed E-state index contributed by atoms with van der Waals surface area (Å²) in [6, 6.07) is 9.95. The van der Waals surface area contributed by atoms with E-state index in [2.05, 4.69) is 31.2 Å². The summed E-state index contributed by atoms with van der Waals surface area (Å²) in [5.74, 6) is 0.802. The molecule has 0 unspecified atom stereocenters. The molecule has 16 heavy (non-hydrogen) atoms. The van der Waals surface area contributed by atoms with Crippen molar-refractivity contribution >= 4 is 15.9 Å². The Morgan fingerprint density at radius 2 is 2.06 bits per heavy atom. The molecule has 0 radical (unpaired) electrons. The van der Waals surface area contributed by atoms with Crippen LogP contribution in [0.4, 0.5) is 0 Å². The molecule has 0 saturated carbocycles. The van der Waals surface area contributed by atoms with Crippen LogP contribution in [0.5, 0.6) is 0 Å². The fourth-order valence-electron chi connectivity index (χ4n) is 1.46. The van der Waals surface area contributed by atoms with Crippen LogP contribution in [0.15, 0.2) is 41.0 Å². The van der Waals surface area contributed by atoms with Gasteiger partial charge >= 0.3 is 0 Å². The molecule has 2 rings (SSSR count). The summed E-state index contributed by atoms with van der Waals surface area (Å²) < 4.78 is 1.05. The molecule has 1 N–H and O–H groups in total. The van der Waals surface area contributed by atoms with Crippen molar-refractivity contribution in [1.29, 1.82) is 0 Å². The zero-order valence-electron chi connectivity index (χ0n) is 8.94. The van der Waals surface area contributed by atoms with Gasteiger partial charge in [-0.25, -0.2) is 9.97 Å². The van der Waals surface area contributed by atoms with Crippen LogP contribution in [-0.4, -0.2) is 17.0 Å². The van der Waals surface area contributed by atoms with Gasteiger partial charge in [-0.15, -0.1) is 0 Å². The number of aromatic nitrogens is 2. The van der Waals surface area contributed by atoms with Crippen molar-refractivity contribution in [3.05, 3.63) is 46.8 Å². The Hall–Kier alpha value is -1.26. The van der Waals surface area contributed by atoms with E-state index >= 15 is 0 Å². The Morgan fingerprint density at radius 3 is 2.81 bits per heavy atom. The molecule has 0 saturated heterocycles.